The summed E-state index contributed by atoms with van der Waals surface area (Å²) in [6.07, 6.45) is 0. The van der Waals surface area contributed by atoms with Gasteiger partial charge >= 0.3 is 5.69 Å². The third-order valence-corrected chi connectivity index (χ3v) is 4.91. The Hall–Kier alpha value is -3.48. The molecule has 0 spiro atoms. The number of amides is 1. The number of aromatic nitrogens is 2. The Morgan fingerprint density at radius 2 is 1.79 bits per heavy atom. The summed E-state index contributed by atoms with van der Waals surface area (Å²) in [4.78, 5) is 23.4. The van der Waals surface area contributed by atoms with E-state index in [0.717, 1.165) is 16.8 Å². The number of hydrogen-bond acceptors (Lipinski definition) is 4. The van der Waals surface area contributed by atoms with Gasteiger partial charge in [-0.05, 0) is 49.1 Å². The van der Waals surface area contributed by atoms with Crippen molar-refractivity contribution in [3.63, 3.8) is 0 Å². The number of hydrogen-bond donors (Lipinski definition) is 1. The Labute approximate surface area is 169 Å². The van der Waals surface area contributed by atoms with Crippen molar-refractivity contribution in [2.24, 2.45) is 0 Å². The summed E-state index contributed by atoms with van der Waals surface area (Å²) in [5.41, 5.74) is 4.31. The lowest BCUT2D eigenvalue weighted by Gasteiger charge is -2.13. The van der Waals surface area contributed by atoms with E-state index >= 15 is 0 Å². The fourth-order valence-corrected chi connectivity index (χ4v) is 3.35. The minimum atomic E-state index is -0.406. The summed E-state index contributed by atoms with van der Waals surface area (Å²) >= 11 is 0. The van der Waals surface area contributed by atoms with Crippen LogP contribution in [0.3, 0.4) is 0 Å². The highest BCUT2D eigenvalue weighted by Crippen LogP contribution is 2.25. The second-order valence-electron chi connectivity index (χ2n) is 7.33. The molecule has 1 amide bonds. The van der Waals surface area contributed by atoms with E-state index in [9.17, 15) is 14.9 Å². The third-order valence-electron chi connectivity index (χ3n) is 4.91. The molecule has 0 unspecified atom stereocenters. The summed E-state index contributed by atoms with van der Waals surface area (Å²) in [7, 11) is 0. The highest BCUT2D eigenvalue weighted by Gasteiger charge is 2.21. The Balaban J connectivity index is 1.75. The van der Waals surface area contributed by atoms with Crippen molar-refractivity contribution in [1.29, 1.82) is 0 Å². The summed E-state index contributed by atoms with van der Waals surface area (Å²) in [6.45, 7) is 7.89. The van der Waals surface area contributed by atoms with Crippen LogP contribution in [0.4, 0.5) is 11.4 Å². The van der Waals surface area contributed by atoms with Gasteiger partial charge in [0.15, 0.2) is 0 Å². The van der Waals surface area contributed by atoms with Gasteiger partial charge in [0.1, 0.15) is 11.4 Å². The van der Waals surface area contributed by atoms with E-state index in [4.69, 9.17) is 0 Å². The first-order valence-electron chi connectivity index (χ1n) is 9.45. The van der Waals surface area contributed by atoms with Crippen LogP contribution in [-0.2, 0) is 6.54 Å². The number of carbonyl (C=O) groups excluding carboxylic acids is 1. The molecular formula is C22H24N4O3. The van der Waals surface area contributed by atoms with E-state index in [0.29, 0.717) is 29.4 Å². The number of rotatable bonds is 6. The largest absolute Gasteiger partial charge is 0.322 e. The summed E-state index contributed by atoms with van der Waals surface area (Å²) in [6, 6.07) is 15.0. The van der Waals surface area contributed by atoms with Gasteiger partial charge in [0.05, 0.1) is 11.5 Å². The van der Waals surface area contributed by atoms with Crippen molar-refractivity contribution >= 4 is 17.3 Å². The average Bonchev–Trinajstić information content (AvgIpc) is 2.95. The van der Waals surface area contributed by atoms with Crippen LogP contribution in [0.1, 0.15) is 52.6 Å². The first-order chi connectivity index (χ1) is 13.8. The zero-order valence-electron chi connectivity index (χ0n) is 17.0. The summed E-state index contributed by atoms with van der Waals surface area (Å²) < 4.78 is 1.61. The SMILES string of the molecule is Cc1nn(Cc2ccc(C(=O)Nc3ccccc3C(C)C)cc2)c(C)c1[N+](=O)[O-]. The zero-order chi connectivity index (χ0) is 21.1. The Morgan fingerprint density at radius 1 is 1.14 bits per heavy atom. The van der Waals surface area contributed by atoms with Crippen LogP contribution in [0.5, 0.6) is 0 Å². The van der Waals surface area contributed by atoms with Gasteiger partial charge in [-0.1, -0.05) is 44.2 Å². The zero-order valence-corrected chi connectivity index (χ0v) is 17.0. The number of nitrogens with zero attached hydrogens (tertiary/aromatic N) is 3. The first-order valence-corrected chi connectivity index (χ1v) is 9.45. The van der Waals surface area contributed by atoms with Crippen molar-refractivity contribution in [1.82, 2.24) is 9.78 Å². The second kappa shape index (κ2) is 8.26. The smallest absolute Gasteiger partial charge is 0.312 e. The molecule has 3 rings (SSSR count). The quantitative estimate of drug-likeness (QED) is 0.480. The molecule has 0 bridgehead atoms. The maximum Gasteiger partial charge on any atom is 0.312 e. The maximum atomic E-state index is 12.6. The predicted octanol–water partition coefficient (Wildman–Crippen LogP) is 4.83. The predicted molar refractivity (Wildman–Crippen MR) is 112 cm³/mol. The lowest BCUT2D eigenvalue weighted by Crippen LogP contribution is -2.14. The van der Waals surface area contributed by atoms with Crippen LogP contribution in [0.25, 0.3) is 0 Å². The molecule has 0 saturated heterocycles. The molecule has 1 N–H and O–H groups in total. The van der Waals surface area contributed by atoms with Gasteiger partial charge < -0.3 is 5.32 Å². The minimum absolute atomic E-state index is 0.0461. The molecule has 0 atom stereocenters. The number of carbonyl (C=O) groups is 1. The lowest BCUT2D eigenvalue weighted by atomic mass is 10.0. The molecule has 0 aliphatic heterocycles. The van der Waals surface area contributed by atoms with Gasteiger partial charge in [-0.3, -0.25) is 19.6 Å². The third kappa shape index (κ3) is 4.34. The monoisotopic (exact) mass is 392 g/mol. The van der Waals surface area contributed by atoms with Crippen LogP contribution in [-0.4, -0.2) is 20.6 Å². The van der Waals surface area contributed by atoms with E-state index in [1.807, 2.05) is 36.4 Å². The van der Waals surface area contributed by atoms with E-state index in [1.165, 1.54) is 0 Å². The van der Waals surface area contributed by atoms with Crippen LogP contribution in [0.15, 0.2) is 48.5 Å². The lowest BCUT2D eigenvalue weighted by molar-refractivity contribution is -0.386. The molecule has 29 heavy (non-hydrogen) atoms. The molecule has 0 aliphatic rings. The van der Waals surface area contributed by atoms with Gasteiger partial charge in [0.2, 0.25) is 0 Å². The summed E-state index contributed by atoms with van der Waals surface area (Å²) in [5, 5.41) is 18.4. The van der Waals surface area contributed by atoms with Crippen molar-refractivity contribution in [3.8, 4) is 0 Å². The summed E-state index contributed by atoms with van der Waals surface area (Å²) in [5.74, 6) is 0.130. The normalized spacial score (nSPS) is 10.9. The van der Waals surface area contributed by atoms with E-state index in [1.54, 1.807) is 30.7 Å². The van der Waals surface area contributed by atoms with E-state index < -0.39 is 4.92 Å². The molecular weight excluding hydrogens is 368 g/mol. The van der Waals surface area contributed by atoms with Crippen LogP contribution < -0.4 is 5.32 Å². The Morgan fingerprint density at radius 3 is 2.38 bits per heavy atom. The molecule has 0 fully saturated rings. The first kappa shape index (κ1) is 20.3. The molecule has 0 radical (unpaired) electrons. The van der Waals surface area contributed by atoms with Crippen LogP contribution >= 0.6 is 0 Å². The molecule has 7 heteroatoms. The fourth-order valence-electron chi connectivity index (χ4n) is 3.35. The van der Waals surface area contributed by atoms with Crippen molar-refractivity contribution in [2.45, 2.75) is 40.2 Å². The standard InChI is InChI=1S/C22H24N4O3/c1-14(2)19-7-5-6-8-20(19)23-22(27)18-11-9-17(10-12-18)13-25-16(4)21(26(28)29)15(3)24-25/h5-12,14H,13H2,1-4H3,(H,23,27). The van der Waals surface area contributed by atoms with Gasteiger partial charge in [-0.15, -0.1) is 0 Å². The molecule has 0 aliphatic carbocycles. The molecule has 1 aromatic heterocycles. The van der Waals surface area contributed by atoms with E-state index in [2.05, 4.69) is 24.3 Å². The van der Waals surface area contributed by atoms with Crippen molar-refractivity contribution < 1.29 is 9.72 Å². The van der Waals surface area contributed by atoms with Gasteiger partial charge in [-0.25, -0.2) is 0 Å². The van der Waals surface area contributed by atoms with E-state index in [-0.39, 0.29) is 11.6 Å². The number of aryl methyl sites for hydroxylation is 1. The number of nitro groups is 1. The van der Waals surface area contributed by atoms with Crippen LogP contribution in [0.2, 0.25) is 0 Å². The minimum Gasteiger partial charge on any atom is -0.322 e. The van der Waals surface area contributed by atoms with Gasteiger partial charge in [0.25, 0.3) is 5.91 Å². The molecule has 7 nitrogen and oxygen atoms in total. The number of anilines is 1. The molecule has 1 heterocycles. The van der Waals surface area contributed by atoms with Gasteiger partial charge in [-0.2, -0.15) is 5.10 Å². The highest BCUT2D eigenvalue weighted by atomic mass is 16.6. The van der Waals surface area contributed by atoms with Gasteiger partial charge in [0, 0.05) is 11.3 Å². The molecule has 0 saturated carbocycles. The Kier molecular flexibility index (Phi) is 5.77. The number of nitrogens with one attached hydrogen (secondary N) is 1. The topological polar surface area (TPSA) is 90.1 Å². The number of para-hydroxylation sites is 1. The number of benzene rings is 2. The highest BCUT2D eigenvalue weighted by molar-refractivity contribution is 6.04. The van der Waals surface area contributed by atoms with Crippen molar-refractivity contribution in [3.05, 3.63) is 86.7 Å². The molecule has 150 valence electrons. The maximum absolute atomic E-state index is 12.6. The molecule has 3 aromatic rings. The Bertz CT molecular complexity index is 1050. The average molecular weight is 392 g/mol. The van der Waals surface area contributed by atoms with Crippen LogP contribution in [0, 0.1) is 24.0 Å². The second-order valence-corrected chi connectivity index (χ2v) is 7.33. The molecule has 2 aromatic carbocycles. The van der Waals surface area contributed by atoms with Crippen molar-refractivity contribution in [2.75, 3.05) is 5.32 Å². The fraction of sp³-hybridized carbons (Fsp3) is 0.273.